The van der Waals surface area contributed by atoms with Crippen molar-refractivity contribution in [2.75, 3.05) is 4.72 Å². The monoisotopic (exact) mass is 384 g/mol. The second kappa shape index (κ2) is 6.13. The van der Waals surface area contributed by atoms with E-state index in [0.29, 0.717) is 11.3 Å². The number of nitrogens with one attached hydrogen (secondary N) is 1. The predicted molar refractivity (Wildman–Crippen MR) is 92.0 cm³/mol. The molecule has 0 spiro atoms. The van der Waals surface area contributed by atoms with Crippen LogP contribution in [-0.4, -0.2) is 13.4 Å². The maximum atomic E-state index is 12.3. The fraction of sp³-hybridized carbons (Fsp3) is 0.0714. The summed E-state index contributed by atoms with van der Waals surface area (Å²) in [5, 5.41) is 0. The van der Waals surface area contributed by atoms with E-state index >= 15 is 0 Å². The van der Waals surface area contributed by atoms with Crippen LogP contribution in [0, 0.1) is 6.92 Å². The van der Waals surface area contributed by atoms with Gasteiger partial charge in [-0.1, -0.05) is 40.3 Å². The zero-order valence-electron chi connectivity index (χ0n) is 11.1. The highest BCUT2D eigenvalue weighted by atomic mass is 79.9. The normalized spacial score (nSPS) is 11.1. The summed E-state index contributed by atoms with van der Waals surface area (Å²) in [6.07, 6.45) is 0. The molecule has 0 radical (unpaired) electrons. The van der Waals surface area contributed by atoms with Gasteiger partial charge in [-0.25, -0.2) is 8.42 Å². The van der Waals surface area contributed by atoms with Crippen LogP contribution < -0.4 is 10.5 Å². The van der Waals surface area contributed by atoms with Gasteiger partial charge in [-0.2, -0.15) is 0 Å². The molecular weight excluding hydrogens is 372 g/mol. The molecule has 0 aliphatic carbocycles. The SMILES string of the molecule is Cc1cc(Br)ccc1NS(=O)(=O)c1ccc(C(N)=S)cc1. The molecule has 0 amide bonds. The molecule has 4 nitrogen and oxygen atoms in total. The zero-order chi connectivity index (χ0) is 15.6. The third kappa shape index (κ3) is 3.81. The zero-order valence-corrected chi connectivity index (χ0v) is 14.3. The number of thiocarbonyl (C=S) groups is 1. The Kier molecular flexibility index (Phi) is 4.65. The van der Waals surface area contributed by atoms with Crippen LogP contribution in [0.15, 0.2) is 51.8 Å². The van der Waals surface area contributed by atoms with Crippen LogP contribution in [-0.2, 0) is 10.0 Å². The highest BCUT2D eigenvalue weighted by molar-refractivity contribution is 9.10. The van der Waals surface area contributed by atoms with Gasteiger partial charge < -0.3 is 5.73 Å². The van der Waals surface area contributed by atoms with Crippen molar-refractivity contribution >= 4 is 48.8 Å². The van der Waals surface area contributed by atoms with Crippen molar-refractivity contribution in [2.45, 2.75) is 11.8 Å². The van der Waals surface area contributed by atoms with Gasteiger partial charge in [-0.3, -0.25) is 4.72 Å². The van der Waals surface area contributed by atoms with Crippen molar-refractivity contribution < 1.29 is 8.42 Å². The number of halogens is 1. The first-order chi connectivity index (χ1) is 9.79. The van der Waals surface area contributed by atoms with Crippen LogP contribution in [0.3, 0.4) is 0 Å². The third-order valence-electron chi connectivity index (χ3n) is 2.88. The minimum absolute atomic E-state index is 0.157. The molecule has 0 atom stereocenters. The largest absolute Gasteiger partial charge is 0.389 e. The molecule has 0 bridgehead atoms. The lowest BCUT2D eigenvalue weighted by Crippen LogP contribution is -2.14. The molecule has 0 saturated heterocycles. The summed E-state index contributed by atoms with van der Waals surface area (Å²) in [4.78, 5) is 0.389. The smallest absolute Gasteiger partial charge is 0.261 e. The predicted octanol–water partition coefficient (Wildman–Crippen LogP) is 3.19. The highest BCUT2D eigenvalue weighted by Crippen LogP contribution is 2.23. The van der Waals surface area contributed by atoms with Crippen LogP contribution in [0.25, 0.3) is 0 Å². The molecule has 0 aliphatic rings. The van der Waals surface area contributed by atoms with Crippen molar-refractivity contribution in [1.29, 1.82) is 0 Å². The maximum Gasteiger partial charge on any atom is 0.261 e. The van der Waals surface area contributed by atoms with Gasteiger partial charge in [0.2, 0.25) is 0 Å². The Labute approximate surface area is 137 Å². The molecule has 2 rings (SSSR count). The van der Waals surface area contributed by atoms with Crippen molar-refractivity contribution in [3.8, 4) is 0 Å². The third-order valence-corrected chi connectivity index (χ3v) is 4.99. The van der Waals surface area contributed by atoms with Gasteiger partial charge in [0.15, 0.2) is 0 Å². The van der Waals surface area contributed by atoms with Crippen molar-refractivity contribution in [3.05, 3.63) is 58.1 Å². The summed E-state index contributed by atoms with van der Waals surface area (Å²) in [7, 11) is -3.64. The lowest BCUT2D eigenvalue weighted by atomic mass is 10.2. The molecule has 3 N–H and O–H groups in total. The van der Waals surface area contributed by atoms with Crippen molar-refractivity contribution in [2.24, 2.45) is 5.73 Å². The fourth-order valence-corrected chi connectivity index (χ4v) is 3.49. The molecule has 7 heteroatoms. The Morgan fingerprint density at radius 3 is 2.33 bits per heavy atom. The van der Waals surface area contributed by atoms with Crippen LogP contribution in [0.1, 0.15) is 11.1 Å². The number of rotatable bonds is 4. The Hall–Kier alpha value is -1.44. The number of benzene rings is 2. The van der Waals surface area contributed by atoms with E-state index in [1.165, 1.54) is 12.1 Å². The Bertz CT molecular complexity index is 787. The topological polar surface area (TPSA) is 72.2 Å². The first-order valence-electron chi connectivity index (χ1n) is 5.98. The van der Waals surface area contributed by atoms with Crippen molar-refractivity contribution in [3.63, 3.8) is 0 Å². The lowest BCUT2D eigenvalue weighted by Gasteiger charge is -2.11. The van der Waals surface area contributed by atoms with E-state index in [2.05, 4.69) is 20.7 Å². The molecule has 0 saturated carbocycles. The van der Waals surface area contributed by atoms with E-state index < -0.39 is 10.0 Å². The van der Waals surface area contributed by atoms with Gasteiger partial charge in [0.1, 0.15) is 4.99 Å². The first-order valence-corrected chi connectivity index (χ1v) is 8.67. The van der Waals surface area contributed by atoms with Gasteiger partial charge in [0.25, 0.3) is 10.0 Å². The molecule has 21 heavy (non-hydrogen) atoms. The maximum absolute atomic E-state index is 12.3. The van der Waals surface area contributed by atoms with Gasteiger partial charge in [0.05, 0.1) is 10.6 Å². The van der Waals surface area contributed by atoms with Crippen LogP contribution in [0.2, 0.25) is 0 Å². The van der Waals surface area contributed by atoms with E-state index in [4.69, 9.17) is 18.0 Å². The number of hydrogen-bond acceptors (Lipinski definition) is 3. The van der Waals surface area contributed by atoms with E-state index in [1.54, 1.807) is 24.3 Å². The molecule has 0 aliphatic heterocycles. The summed E-state index contributed by atoms with van der Waals surface area (Å²) in [6, 6.07) is 11.5. The summed E-state index contributed by atoms with van der Waals surface area (Å²) in [5.74, 6) is 0. The Morgan fingerprint density at radius 1 is 1.19 bits per heavy atom. The Morgan fingerprint density at radius 2 is 1.81 bits per heavy atom. The molecule has 2 aromatic rings. The summed E-state index contributed by atoms with van der Waals surface area (Å²) in [6.45, 7) is 1.83. The lowest BCUT2D eigenvalue weighted by molar-refractivity contribution is 0.601. The first kappa shape index (κ1) is 15.9. The van der Waals surface area contributed by atoms with E-state index in [0.717, 1.165) is 10.0 Å². The second-order valence-electron chi connectivity index (χ2n) is 4.45. The van der Waals surface area contributed by atoms with Gasteiger partial charge in [-0.05, 0) is 42.8 Å². The van der Waals surface area contributed by atoms with Crippen LogP contribution in [0.4, 0.5) is 5.69 Å². The van der Waals surface area contributed by atoms with E-state index in [-0.39, 0.29) is 9.88 Å². The number of hydrogen-bond donors (Lipinski definition) is 2. The van der Waals surface area contributed by atoms with Crippen LogP contribution >= 0.6 is 28.1 Å². The van der Waals surface area contributed by atoms with Crippen LogP contribution in [0.5, 0.6) is 0 Å². The minimum atomic E-state index is -3.64. The fourth-order valence-electron chi connectivity index (χ4n) is 1.74. The molecule has 110 valence electrons. The average Bonchev–Trinajstić information content (AvgIpc) is 2.42. The quantitative estimate of drug-likeness (QED) is 0.793. The van der Waals surface area contributed by atoms with E-state index in [1.807, 2.05) is 13.0 Å². The number of sulfonamides is 1. The molecular formula is C14H13BrN2O2S2. The molecule has 0 fully saturated rings. The van der Waals surface area contributed by atoms with E-state index in [9.17, 15) is 8.42 Å². The minimum Gasteiger partial charge on any atom is -0.389 e. The van der Waals surface area contributed by atoms with Crippen molar-refractivity contribution in [1.82, 2.24) is 0 Å². The molecule has 0 unspecified atom stereocenters. The molecule has 0 heterocycles. The summed E-state index contributed by atoms with van der Waals surface area (Å²) in [5.41, 5.74) is 7.49. The second-order valence-corrected chi connectivity index (χ2v) is 7.49. The Balaban J connectivity index is 2.31. The average molecular weight is 385 g/mol. The summed E-state index contributed by atoms with van der Waals surface area (Å²) >= 11 is 8.18. The summed E-state index contributed by atoms with van der Waals surface area (Å²) < 4.78 is 28.1. The number of anilines is 1. The van der Waals surface area contributed by atoms with Gasteiger partial charge in [-0.15, -0.1) is 0 Å². The standard InChI is InChI=1S/C14H13BrN2O2S2/c1-9-8-11(15)4-7-13(9)17-21(18,19)12-5-2-10(3-6-12)14(16)20/h2-8,17H,1H3,(H2,16,20). The van der Waals surface area contributed by atoms with Gasteiger partial charge >= 0.3 is 0 Å². The molecule has 2 aromatic carbocycles. The molecule has 0 aromatic heterocycles. The number of aryl methyl sites for hydroxylation is 1. The van der Waals surface area contributed by atoms with Gasteiger partial charge in [0, 0.05) is 10.0 Å². The number of nitrogens with two attached hydrogens (primary N) is 1. The highest BCUT2D eigenvalue weighted by Gasteiger charge is 2.15.